The smallest absolute Gasteiger partial charge is 1.00 e. The molecule has 0 bridgehead atoms. The van der Waals surface area contributed by atoms with Gasteiger partial charge in [0, 0.05) is 0 Å². The first kappa shape index (κ1) is 5.78. The second kappa shape index (κ2) is 2.28. The van der Waals surface area contributed by atoms with Crippen LogP contribution in [0.2, 0.25) is 0 Å². The molecular weight excluding hydrogens is 136 g/mol. The summed E-state index contributed by atoms with van der Waals surface area (Å²) in [5, 5.41) is 0. The number of hydrogen-bond acceptors (Lipinski definition) is 0. The third kappa shape index (κ3) is 1.27. The van der Waals surface area contributed by atoms with Gasteiger partial charge in [-0.1, -0.05) is 0 Å². The van der Waals surface area contributed by atoms with Gasteiger partial charge in [-0.2, -0.15) is 0 Å². The molecule has 0 radical (unpaired) electrons. The van der Waals surface area contributed by atoms with Crippen LogP contribution in [0, 0.1) is 6.92 Å². The predicted molar refractivity (Wildman–Crippen MR) is 32.5 cm³/mol. The zero-order chi connectivity index (χ0) is 5.28. The second-order valence-corrected chi connectivity index (χ2v) is 4.54. The molecule has 0 nitrogen and oxygen atoms in total. The first-order valence-electron chi connectivity index (χ1n) is 2.20. The molecule has 0 N–H and O–H groups in total. The van der Waals surface area contributed by atoms with Crippen LogP contribution in [0.15, 0.2) is 11.9 Å². The van der Waals surface area contributed by atoms with E-state index in [9.17, 15) is 0 Å². The summed E-state index contributed by atoms with van der Waals surface area (Å²) >= 11 is 1.77. The van der Waals surface area contributed by atoms with E-state index >= 15 is 0 Å². The summed E-state index contributed by atoms with van der Waals surface area (Å²) in [5.41, 5.74) is 1.48. The molecule has 0 aliphatic rings. The van der Waals surface area contributed by atoms with Crippen LogP contribution in [0.1, 0.15) is 8.42 Å². The maximum Gasteiger partial charge on any atom is -1.00 e. The quantitative estimate of drug-likeness (QED) is 0.516. The monoisotopic (exact) mass is 144 g/mol. The molecule has 1 atom stereocenters. The molecule has 0 aromatic carbocycles. The van der Waals surface area contributed by atoms with Crippen LogP contribution < -0.4 is 3.05 Å². The SMILES string of the molecule is Cc1cc[pH][c]1[Sc+2].[H-].[H-]. The Hall–Kier alpha value is 0.650. The molecule has 1 aromatic heterocycles. The van der Waals surface area contributed by atoms with Gasteiger partial charge in [0.05, 0.1) is 0 Å². The summed E-state index contributed by atoms with van der Waals surface area (Å²) in [6.45, 7) is 2.17. The minimum atomic E-state index is 0. The van der Waals surface area contributed by atoms with Crippen molar-refractivity contribution in [3.8, 4) is 0 Å². The minimum Gasteiger partial charge on any atom is -1.00 e. The van der Waals surface area contributed by atoms with Crippen molar-refractivity contribution < 1.29 is 27.2 Å². The molecule has 1 unspecified atom stereocenters. The summed E-state index contributed by atoms with van der Waals surface area (Å²) in [6, 6.07) is 2.20. The molecule has 0 aliphatic carbocycles. The van der Waals surface area contributed by atoms with E-state index in [0.29, 0.717) is 0 Å². The van der Waals surface area contributed by atoms with E-state index in [1.165, 1.54) is 5.56 Å². The fraction of sp³-hybridized carbons (Fsp3) is 0.200. The zero-order valence-corrected chi connectivity index (χ0v) is 7.04. The van der Waals surface area contributed by atoms with Crippen LogP contribution in [-0.2, 0) is 24.4 Å². The van der Waals surface area contributed by atoms with Gasteiger partial charge in [0.25, 0.3) is 0 Å². The maximum absolute atomic E-state index is 2.24. The van der Waals surface area contributed by atoms with Gasteiger partial charge in [-0.05, 0) is 0 Å². The van der Waals surface area contributed by atoms with Gasteiger partial charge in [0.15, 0.2) is 0 Å². The molecule has 1 heterocycles. The van der Waals surface area contributed by atoms with Crippen LogP contribution in [0.25, 0.3) is 0 Å². The van der Waals surface area contributed by atoms with E-state index in [-0.39, 0.29) is 2.85 Å². The van der Waals surface area contributed by atoms with Crippen molar-refractivity contribution in [3.05, 3.63) is 17.4 Å². The molecule has 1 aromatic rings. The Bertz CT molecular complexity index is 147. The largest absolute Gasteiger partial charge is 1.00 e. The molecule has 0 fully saturated rings. The Morgan fingerprint density at radius 2 is 2.57 bits per heavy atom. The van der Waals surface area contributed by atoms with Crippen molar-refractivity contribution in [2.24, 2.45) is 0 Å². The van der Waals surface area contributed by atoms with Gasteiger partial charge in [-0.3, -0.25) is 0 Å². The molecule has 0 saturated heterocycles. The third-order valence-electron chi connectivity index (χ3n) is 0.997. The second-order valence-electron chi connectivity index (χ2n) is 1.57. The van der Waals surface area contributed by atoms with E-state index in [1.807, 2.05) is 0 Å². The summed E-state index contributed by atoms with van der Waals surface area (Å²) in [4.78, 5) is 0. The van der Waals surface area contributed by atoms with Gasteiger partial charge >= 0.3 is 60.0 Å². The average Bonchev–Trinajstić information content (AvgIpc) is 1.91. The van der Waals surface area contributed by atoms with Gasteiger partial charge in [0.1, 0.15) is 0 Å². The fourth-order valence-corrected chi connectivity index (χ4v) is 1.88. The van der Waals surface area contributed by atoms with Crippen LogP contribution in [0.4, 0.5) is 0 Å². The molecule has 7 heavy (non-hydrogen) atoms. The standard InChI is InChI=1S/C5H6P.Sc.2H/c1-5-2-3-6-4-5;;;/h2-3,6H,1H3;;;/q;+2;2*-1. The third-order valence-corrected chi connectivity index (χ3v) is 3.53. The van der Waals surface area contributed by atoms with Crippen LogP contribution in [0.5, 0.6) is 0 Å². The van der Waals surface area contributed by atoms with Crippen LogP contribution in [-0.4, -0.2) is 0 Å². The molecule has 1 rings (SSSR count). The first-order chi connectivity index (χ1) is 3.30. The number of hydrogen-bond donors (Lipinski definition) is 0. The van der Waals surface area contributed by atoms with Gasteiger partial charge < -0.3 is 2.85 Å². The molecule has 0 spiro atoms. The summed E-state index contributed by atoms with van der Waals surface area (Å²) in [6.07, 6.45) is 0. The number of rotatable bonds is 0. The zero-order valence-electron chi connectivity index (χ0n) is 6.23. The topological polar surface area (TPSA) is 0 Å². The maximum atomic E-state index is 2.24. The van der Waals surface area contributed by atoms with E-state index in [1.54, 1.807) is 27.4 Å². The summed E-state index contributed by atoms with van der Waals surface area (Å²) in [7, 11) is 0.990. The fourth-order valence-electron chi connectivity index (χ4n) is 0.460. The molecule has 36 valence electrons. The van der Waals surface area contributed by atoms with Gasteiger partial charge in [-0.25, -0.2) is 0 Å². The van der Waals surface area contributed by atoms with Crippen molar-refractivity contribution in [2.75, 3.05) is 0 Å². The summed E-state index contributed by atoms with van der Waals surface area (Å²) in [5.74, 6) is 2.24. The molecular formula is C5H8PSc. The van der Waals surface area contributed by atoms with E-state index in [4.69, 9.17) is 0 Å². The van der Waals surface area contributed by atoms with Crippen molar-refractivity contribution in [1.82, 2.24) is 0 Å². The molecule has 2 heteroatoms. The number of aryl methyl sites for hydroxylation is 1. The van der Waals surface area contributed by atoms with Gasteiger partial charge in [0.2, 0.25) is 0 Å². The summed E-state index contributed by atoms with van der Waals surface area (Å²) < 4.78 is 1.60. The van der Waals surface area contributed by atoms with Crippen molar-refractivity contribution >= 4 is 11.2 Å². The minimum absolute atomic E-state index is 0. The Balaban J connectivity index is 0. The van der Waals surface area contributed by atoms with Crippen molar-refractivity contribution in [1.29, 1.82) is 0 Å². The van der Waals surface area contributed by atoms with E-state index in [0.717, 1.165) is 8.19 Å². The van der Waals surface area contributed by atoms with Crippen LogP contribution >= 0.6 is 8.19 Å². The Kier molecular flexibility index (Phi) is 1.88. The Morgan fingerprint density at radius 1 is 1.86 bits per heavy atom. The average molecular weight is 144 g/mol. The predicted octanol–water partition coefficient (Wildman–Crippen LogP) is 1.42. The Morgan fingerprint density at radius 3 is 2.71 bits per heavy atom. The Labute approximate surface area is 62.9 Å². The van der Waals surface area contributed by atoms with E-state index < -0.39 is 0 Å². The van der Waals surface area contributed by atoms with Gasteiger partial charge in [-0.15, -0.1) is 0 Å². The van der Waals surface area contributed by atoms with Crippen molar-refractivity contribution in [2.45, 2.75) is 6.92 Å². The first-order valence-corrected chi connectivity index (χ1v) is 4.18. The van der Waals surface area contributed by atoms with Crippen molar-refractivity contribution in [3.63, 3.8) is 0 Å². The normalized spacial score (nSPS) is 10.7. The van der Waals surface area contributed by atoms with Crippen LogP contribution in [0.3, 0.4) is 0 Å². The molecule has 0 saturated carbocycles. The molecule has 0 aliphatic heterocycles. The molecule has 0 amide bonds. The van der Waals surface area contributed by atoms with E-state index in [2.05, 4.69) is 18.8 Å².